The summed E-state index contributed by atoms with van der Waals surface area (Å²) in [6, 6.07) is 21.3. The largest absolute Gasteiger partial charge is 0.497 e. The van der Waals surface area contributed by atoms with Crippen LogP contribution in [0.4, 0.5) is 5.95 Å². The van der Waals surface area contributed by atoms with Gasteiger partial charge in [-0.2, -0.15) is 10.1 Å². The van der Waals surface area contributed by atoms with E-state index in [4.69, 9.17) is 25.8 Å². The molecule has 0 bridgehead atoms. The lowest BCUT2D eigenvalue weighted by Gasteiger charge is -2.39. The summed E-state index contributed by atoms with van der Waals surface area (Å²) in [5, 5.41) is 8.67. The summed E-state index contributed by atoms with van der Waals surface area (Å²) >= 11 is 6.40. The SMILES string of the molecule is COc1ccc([C@@H]2C3=C(Nc4ncnn42)c2cc(Cl)ccc2O[C@H]3c2cccc(OC)c2)cc1. The number of hydrogen-bond acceptors (Lipinski definition) is 6. The lowest BCUT2D eigenvalue weighted by molar-refractivity contribution is 0.222. The van der Waals surface area contributed by atoms with Crippen molar-refractivity contribution in [3.8, 4) is 17.2 Å². The van der Waals surface area contributed by atoms with Crippen molar-refractivity contribution in [2.24, 2.45) is 0 Å². The number of halogens is 1. The summed E-state index contributed by atoms with van der Waals surface area (Å²) < 4.78 is 19.4. The molecule has 0 saturated heterocycles. The molecule has 1 aromatic heterocycles. The number of ether oxygens (including phenoxy) is 3. The number of anilines is 1. The standard InChI is InChI=1S/C26H21ClN4O3/c1-32-18-9-6-15(7-10-18)24-22-23(30-26-28-14-29-31(24)26)20-13-17(27)8-11-21(20)34-25(22)16-4-3-5-19(12-16)33-2/h3-14,24-25H,1-2H3,(H,28,29,30)/t24-,25+/m1/s1. The van der Waals surface area contributed by atoms with Crippen LogP contribution in [0, 0.1) is 0 Å². The van der Waals surface area contributed by atoms with Crippen molar-refractivity contribution < 1.29 is 14.2 Å². The van der Waals surface area contributed by atoms with E-state index in [1.165, 1.54) is 0 Å². The number of nitrogens with zero attached hydrogens (tertiary/aromatic N) is 3. The van der Waals surface area contributed by atoms with Crippen LogP contribution in [0.25, 0.3) is 5.70 Å². The molecule has 2 atom stereocenters. The molecule has 0 fully saturated rings. The average Bonchev–Trinajstić information content (AvgIpc) is 3.35. The molecule has 0 saturated carbocycles. The van der Waals surface area contributed by atoms with E-state index in [0.717, 1.165) is 45.2 Å². The Morgan fingerprint density at radius 2 is 1.76 bits per heavy atom. The third-order valence-electron chi connectivity index (χ3n) is 6.20. The molecule has 34 heavy (non-hydrogen) atoms. The molecule has 3 aromatic carbocycles. The summed E-state index contributed by atoms with van der Waals surface area (Å²) in [5.41, 5.74) is 4.80. The molecule has 2 aliphatic rings. The molecular formula is C26H21ClN4O3. The molecule has 0 unspecified atom stereocenters. The molecule has 3 heterocycles. The second-order valence-corrected chi connectivity index (χ2v) is 8.51. The highest BCUT2D eigenvalue weighted by Crippen LogP contribution is 2.51. The van der Waals surface area contributed by atoms with Crippen LogP contribution in [0.1, 0.15) is 28.8 Å². The van der Waals surface area contributed by atoms with Gasteiger partial charge in [-0.1, -0.05) is 35.9 Å². The first kappa shape index (κ1) is 20.6. The summed E-state index contributed by atoms with van der Waals surface area (Å²) in [5.74, 6) is 2.94. The van der Waals surface area contributed by atoms with Crippen molar-refractivity contribution in [2.45, 2.75) is 12.1 Å². The maximum Gasteiger partial charge on any atom is 0.226 e. The van der Waals surface area contributed by atoms with Crippen molar-refractivity contribution in [1.82, 2.24) is 14.8 Å². The van der Waals surface area contributed by atoms with Gasteiger partial charge in [0.15, 0.2) is 0 Å². The number of benzene rings is 3. The fourth-order valence-electron chi connectivity index (χ4n) is 4.63. The van der Waals surface area contributed by atoms with Gasteiger partial charge in [0.2, 0.25) is 5.95 Å². The van der Waals surface area contributed by atoms with Crippen molar-refractivity contribution in [2.75, 3.05) is 19.5 Å². The third-order valence-corrected chi connectivity index (χ3v) is 6.44. The second-order valence-electron chi connectivity index (χ2n) is 8.07. The highest BCUT2D eigenvalue weighted by Gasteiger charge is 2.41. The predicted molar refractivity (Wildman–Crippen MR) is 130 cm³/mol. The van der Waals surface area contributed by atoms with Gasteiger partial charge in [-0.25, -0.2) is 4.68 Å². The number of nitrogens with one attached hydrogen (secondary N) is 1. The van der Waals surface area contributed by atoms with E-state index in [0.29, 0.717) is 11.0 Å². The highest BCUT2D eigenvalue weighted by atomic mass is 35.5. The molecule has 0 amide bonds. The fraction of sp³-hybridized carbons (Fsp3) is 0.154. The van der Waals surface area contributed by atoms with Crippen LogP contribution < -0.4 is 19.5 Å². The van der Waals surface area contributed by atoms with E-state index in [9.17, 15) is 0 Å². The van der Waals surface area contributed by atoms with Crippen molar-refractivity contribution >= 4 is 23.2 Å². The normalized spacial score (nSPS) is 18.2. The molecule has 0 spiro atoms. The molecule has 7 nitrogen and oxygen atoms in total. The molecule has 0 radical (unpaired) electrons. The number of rotatable bonds is 4. The Hall–Kier alpha value is -3.97. The topological polar surface area (TPSA) is 70.4 Å². The molecule has 2 aliphatic heterocycles. The van der Waals surface area contributed by atoms with Gasteiger partial charge in [-0.15, -0.1) is 0 Å². The fourth-order valence-corrected chi connectivity index (χ4v) is 4.80. The average molecular weight is 473 g/mol. The summed E-state index contributed by atoms with van der Waals surface area (Å²) in [4.78, 5) is 4.47. The van der Waals surface area contributed by atoms with Crippen LogP contribution in [0.2, 0.25) is 5.02 Å². The summed E-state index contributed by atoms with van der Waals surface area (Å²) in [6.45, 7) is 0. The predicted octanol–water partition coefficient (Wildman–Crippen LogP) is 5.51. The van der Waals surface area contributed by atoms with E-state index in [-0.39, 0.29) is 6.04 Å². The summed E-state index contributed by atoms with van der Waals surface area (Å²) in [6.07, 6.45) is 1.16. The Labute approximate surface area is 201 Å². The monoisotopic (exact) mass is 472 g/mol. The maximum absolute atomic E-state index is 6.63. The molecule has 0 aliphatic carbocycles. The van der Waals surface area contributed by atoms with E-state index < -0.39 is 6.10 Å². The Bertz CT molecular complexity index is 1410. The van der Waals surface area contributed by atoms with Gasteiger partial charge in [0, 0.05) is 21.7 Å². The Morgan fingerprint density at radius 3 is 2.56 bits per heavy atom. The minimum atomic E-state index is -0.393. The van der Waals surface area contributed by atoms with E-state index in [2.05, 4.69) is 15.4 Å². The van der Waals surface area contributed by atoms with Gasteiger partial charge in [0.1, 0.15) is 35.7 Å². The Kier molecular flexibility index (Phi) is 4.92. The Balaban J connectivity index is 1.61. The van der Waals surface area contributed by atoms with Crippen LogP contribution in [0.15, 0.2) is 78.6 Å². The lowest BCUT2D eigenvalue weighted by Crippen LogP contribution is -2.32. The van der Waals surface area contributed by atoms with Crippen LogP contribution in [-0.2, 0) is 0 Å². The van der Waals surface area contributed by atoms with Crippen molar-refractivity contribution in [1.29, 1.82) is 0 Å². The molecule has 1 N–H and O–H groups in total. The van der Waals surface area contributed by atoms with Crippen molar-refractivity contribution in [3.63, 3.8) is 0 Å². The third kappa shape index (κ3) is 3.28. The van der Waals surface area contributed by atoms with E-state index in [1.54, 1.807) is 20.5 Å². The first-order valence-electron chi connectivity index (χ1n) is 10.8. The number of methoxy groups -OCH3 is 2. The number of hydrogen-bond donors (Lipinski definition) is 1. The van der Waals surface area contributed by atoms with Gasteiger partial charge in [-0.05, 0) is 48.0 Å². The van der Waals surface area contributed by atoms with Gasteiger partial charge in [0.05, 0.1) is 19.9 Å². The quantitative estimate of drug-likeness (QED) is 0.422. The zero-order valence-corrected chi connectivity index (χ0v) is 19.3. The Morgan fingerprint density at radius 1 is 0.941 bits per heavy atom. The zero-order chi connectivity index (χ0) is 23.2. The van der Waals surface area contributed by atoms with Crippen LogP contribution in [0.5, 0.6) is 17.2 Å². The van der Waals surface area contributed by atoms with E-state index >= 15 is 0 Å². The molecule has 6 rings (SSSR count). The lowest BCUT2D eigenvalue weighted by atomic mass is 9.84. The first-order valence-corrected chi connectivity index (χ1v) is 11.2. The van der Waals surface area contributed by atoms with Gasteiger partial charge in [0.25, 0.3) is 0 Å². The number of fused-ring (bicyclic) bond motifs is 3. The maximum atomic E-state index is 6.63. The van der Waals surface area contributed by atoms with Crippen LogP contribution >= 0.6 is 11.6 Å². The first-order chi connectivity index (χ1) is 16.7. The van der Waals surface area contributed by atoms with Crippen molar-refractivity contribution in [3.05, 3.63) is 100 Å². The number of aromatic nitrogens is 3. The molecular weight excluding hydrogens is 452 g/mol. The van der Waals surface area contributed by atoms with Gasteiger partial charge >= 0.3 is 0 Å². The van der Waals surface area contributed by atoms with Gasteiger partial charge in [-0.3, -0.25) is 0 Å². The van der Waals surface area contributed by atoms with Crippen LogP contribution in [-0.4, -0.2) is 29.0 Å². The minimum Gasteiger partial charge on any atom is -0.497 e. The van der Waals surface area contributed by atoms with E-state index in [1.807, 2.05) is 71.4 Å². The minimum absolute atomic E-state index is 0.261. The molecule has 8 heteroatoms. The smallest absolute Gasteiger partial charge is 0.226 e. The second kappa shape index (κ2) is 8.11. The summed E-state index contributed by atoms with van der Waals surface area (Å²) in [7, 11) is 3.32. The van der Waals surface area contributed by atoms with Crippen LogP contribution in [0.3, 0.4) is 0 Å². The van der Waals surface area contributed by atoms with Gasteiger partial charge < -0.3 is 19.5 Å². The highest BCUT2D eigenvalue weighted by molar-refractivity contribution is 6.30. The zero-order valence-electron chi connectivity index (χ0n) is 18.5. The molecule has 170 valence electrons. The molecule has 4 aromatic rings.